The van der Waals surface area contributed by atoms with Crippen molar-refractivity contribution in [2.75, 3.05) is 6.54 Å². The molecule has 18 heavy (non-hydrogen) atoms. The zero-order valence-corrected chi connectivity index (χ0v) is 12.0. The summed E-state index contributed by atoms with van der Waals surface area (Å²) in [6, 6.07) is 0. The second kappa shape index (κ2) is 6.41. The summed E-state index contributed by atoms with van der Waals surface area (Å²) in [6.45, 7) is 6.12. The van der Waals surface area contributed by atoms with Crippen LogP contribution in [0.15, 0.2) is 0 Å². The molecule has 1 amide bonds. The molecule has 4 nitrogen and oxygen atoms in total. The zero-order valence-electron chi connectivity index (χ0n) is 11.3. The largest absolute Gasteiger partial charge is 0.444 e. The maximum absolute atomic E-state index is 11.5. The second-order valence-electron chi connectivity index (χ2n) is 5.90. The molecule has 1 aliphatic rings. The van der Waals surface area contributed by atoms with Gasteiger partial charge in [-0.2, -0.15) is 0 Å². The summed E-state index contributed by atoms with van der Waals surface area (Å²) in [5.74, 6) is 0.425. The lowest BCUT2D eigenvalue weighted by atomic mass is 9.82. The molecule has 0 aromatic rings. The Hall–Kier alpha value is -0.770. The Bertz CT molecular complexity index is 304. The van der Waals surface area contributed by atoms with E-state index in [2.05, 4.69) is 5.32 Å². The molecule has 0 aromatic heterocycles. The Morgan fingerprint density at radius 2 is 1.78 bits per heavy atom. The highest BCUT2D eigenvalue weighted by Crippen LogP contribution is 2.29. The van der Waals surface area contributed by atoms with Crippen LogP contribution in [0.5, 0.6) is 0 Å². The summed E-state index contributed by atoms with van der Waals surface area (Å²) in [5.41, 5.74) is -0.465. The number of ether oxygens (including phenoxy) is 1. The van der Waals surface area contributed by atoms with Gasteiger partial charge in [0.15, 0.2) is 0 Å². The van der Waals surface area contributed by atoms with Gasteiger partial charge in [0.1, 0.15) is 5.60 Å². The van der Waals surface area contributed by atoms with Gasteiger partial charge in [-0.05, 0) is 64.0 Å². The number of nitrogens with one attached hydrogen (secondary N) is 1. The van der Waals surface area contributed by atoms with E-state index >= 15 is 0 Å². The fourth-order valence-corrected chi connectivity index (χ4v) is 2.35. The van der Waals surface area contributed by atoms with E-state index < -0.39 is 5.60 Å². The van der Waals surface area contributed by atoms with E-state index in [1.807, 2.05) is 20.8 Å². The number of halogens is 1. The first kappa shape index (κ1) is 15.3. The van der Waals surface area contributed by atoms with Crippen molar-refractivity contribution in [2.45, 2.75) is 52.1 Å². The maximum atomic E-state index is 11.5. The first-order chi connectivity index (χ1) is 8.28. The number of amides is 1. The molecular formula is C13H22ClNO3. The fourth-order valence-electron chi connectivity index (χ4n) is 2.14. The number of carbonyl (C=O) groups is 2. The zero-order chi connectivity index (χ0) is 13.8. The number of rotatable bonds is 3. The predicted octanol–water partition coefficient (Wildman–Crippen LogP) is 3.08. The van der Waals surface area contributed by atoms with Crippen molar-refractivity contribution in [3.05, 3.63) is 0 Å². The molecule has 1 N–H and O–H groups in total. The van der Waals surface area contributed by atoms with Crippen LogP contribution < -0.4 is 5.32 Å². The van der Waals surface area contributed by atoms with Crippen molar-refractivity contribution in [3.8, 4) is 0 Å². The van der Waals surface area contributed by atoms with Crippen molar-refractivity contribution in [3.63, 3.8) is 0 Å². The van der Waals surface area contributed by atoms with Crippen molar-refractivity contribution in [1.29, 1.82) is 0 Å². The van der Waals surface area contributed by atoms with Gasteiger partial charge in [0, 0.05) is 12.5 Å². The lowest BCUT2D eigenvalue weighted by Crippen LogP contribution is -2.36. The number of hydrogen-bond acceptors (Lipinski definition) is 3. The Kier molecular flexibility index (Phi) is 5.45. The summed E-state index contributed by atoms with van der Waals surface area (Å²) in [6.07, 6.45) is 3.13. The first-order valence-electron chi connectivity index (χ1n) is 6.44. The van der Waals surface area contributed by atoms with Gasteiger partial charge in [0.2, 0.25) is 5.24 Å². The first-order valence-corrected chi connectivity index (χ1v) is 6.82. The van der Waals surface area contributed by atoms with Crippen LogP contribution in [0.4, 0.5) is 4.79 Å². The molecule has 0 saturated heterocycles. The SMILES string of the molecule is CC(C)(C)OC(=O)NC[C@H]1CC[C@H](C(=O)Cl)CC1. The molecule has 1 fully saturated rings. The normalized spacial score (nSPS) is 24.4. The molecule has 104 valence electrons. The molecule has 1 aliphatic carbocycles. The minimum atomic E-state index is -0.465. The van der Waals surface area contributed by atoms with Crippen LogP contribution in [0.2, 0.25) is 0 Å². The molecule has 0 spiro atoms. The van der Waals surface area contributed by atoms with Crippen molar-refractivity contribution in [2.24, 2.45) is 11.8 Å². The monoisotopic (exact) mass is 275 g/mol. The molecule has 0 atom stereocenters. The lowest BCUT2D eigenvalue weighted by Gasteiger charge is -2.27. The molecule has 5 heteroatoms. The average molecular weight is 276 g/mol. The van der Waals surface area contributed by atoms with E-state index in [0.29, 0.717) is 12.5 Å². The second-order valence-corrected chi connectivity index (χ2v) is 6.28. The van der Waals surface area contributed by atoms with Gasteiger partial charge >= 0.3 is 6.09 Å². The van der Waals surface area contributed by atoms with Crippen LogP contribution >= 0.6 is 11.6 Å². The van der Waals surface area contributed by atoms with Gasteiger partial charge in [0.05, 0.1) is 0 Å². The van der Waals surface area contributed by atoms with E-state index in [1.165, 1.54) is 0 Å². The summed E-state index contributed by atoms with van der Waals surface area (Å²) >= 11 is 5.48. The molecule has 0 aromatic carbocycles. The topological polar surface area (TPSA) is 55.4 Å². The Labute approximate surface area is 113 Å². The third kappa shape index (κ3) is 5.71. The van der Waals surface area contributed by atoms with Gasteiger partial charge in [-0.3, -0.25) is 4.79 Å². The predicted molar refractivity (Wildman–Crippen MR) is 70.5 cm³/mol. The molecule has 0 unspecified atom stereocenters. The van der Waals surface area contributed by atoms with Crippen molar-refractivity contribution < 1.29 is 14.3 Å². The summed E-state index contributed by atoms with van der Waals surface area (Å²) < 4.78 is 5.16. The smallest absolute Gasteiger partial charge is 0.407 e. The Morgan fingerprint density at radius 1 is 1.22 bits per heavy atom. The van der Waals surface area contributed by atoms with Crippen LogP contribution in [-0.4, -0.2) is 23.5 Å². The van der Waals surface area contributed by atoms with Gasteiger partial charge < -0.3 is 10.1 Å². The van der Waals surface area contributed by atoms with Gasteiger partial charge in [-0.1, -0.05) is 0 Å². The van der Waals surface area contributed by atoms with Crippen LogP contribution in [0.1, 0.15) is 46.5 Å². The lowest BCUT2D eigenvalue weighted by molar-refractivity contribution is -0.116. The van der Waals surface area contributed by atoms with E-state index in [9.17, 15) is 9.59 Å². The van der Waals surface area contributed by atoms with E-state index in [4.69, 9.17) is 16.3 Å². The highest BCUT2D eigenvalue weighted by molar-refractivity contribution is 6.63. The third-order valence-corrected chi connectivity index (χ3v) is 3.41. The van der Waals surface area contributed by atoms with Crippen LogP contribution in [0, 0.1) is 11.8 Å². The standard InChI is InChI=1S/C13H22ClNO3/c1-13(2,3)18-12(17)15-8-9-4-6-10(7-5-9)11(14)16/h9-10H,4-8H2,1-3H3,(H,15,17)/t9-,10-. The minimum Gasteiger partial charge on any atom is -0.444 e. The third-order valence-electron chi connectivity index (χ3n) is 3.10. The molecular weight excluding hydrogens is 254 g/mol. The van der Waals surface area contributed by atoms with E-state index in [1.54, 1.807) is 0 Å². The molecule has 0 aliphatic heterocycles. The molecule has 0 radical (unpaired) electrons. The van der Waals surface area contributed by atoms with Crippen molar-refractivity contribution >= 4 is 22.9 Å². The number of alkyl carbamates (subject to hydrolysis) is 1. The summed E-state index contributed by atoms with van der Waals surface area (Å²) in [7, 11) is 0. The Balaban J connectivity index is 2.22. The number of carbonyl (C=O) groups excluding carboxylic acids is 2. The minimum absolute atomic E-state index is 0.00411. The quantitative estimate of drug-likeness (QED) is 0.806. The van der Waals surface area contributed by atoms with E-state index in [0.717, 1.165) is 25.7 Å². The van der Waals surface area contributed by atoms with Gasteiger partial charge in [-0.15, -0.1) is 0 Å². The molecule has 0 heterocycles. The van der Waals surface area contributed by atoms with Crippen molar-refractivity contribution in [1.82, 2.24) is 5.32 Å². The highest BCUT2D eigenvalue weighted by Gasteiger charge is 2.25. The van der Waals surface area contributed by atoms with Gasteiger partial charge in [0.25, 0.3) is 0 Å². The molecule has 1 saturated carbocycles. The van der Waals surface area contributed by atoms with Gasteiger partial charge in [-0.25, -0.2) is 4.79 Å². The van der Waals surface area contributed by atoms with Crippen LogP contribution in [-0.2, 0) is 9.53 Å². The molecule has 1 rings (SSSR count). The Morgan fingerprint density at radius 3 is 2.22 bits per heavy atom. The number of hydrogen-bond donors (Lipinski definition) is 1. The fraction of sp³-hybridized carbons (Fsp3) is 0.846. The van der Waals surface area contributed by atoms with Crippen LogP contribution in [0.25, 0.3) is 0 Å². The van der Waals surface area contributed by atoms with E-state index in [-0.39, 0.29) is 17.3 Å². The highest BCUT2D eigenvalue weighted by atomic mass is 35.5. The average Bonchev–Trinajstić information content (AvgIpc) is 2.24. The van der Waals surface area contributed by atoms with Crippen LogP contribution in [0.3, 0.4) is 0 Å². The molecule has 0 bridgehead atoms. The maximum Gasteiger partial charge on any atom is 0.407 e. The summed E-state index contributed by atoms with van der Waals surface area (Å²) in [4.78, 5) is 22.5. The summed E-state index contributed by atoms with van der Waals surface area (Å²) in [5, 5.41) is 2.55.